The Kier molecular flexibility index (Phi) is 20.1. The zero-order valence-corrected chi connectivity index (χ0v) is 34.8. The maximum absolute atomic E-state index is 12.6. The van der Waals surface area contributed by atoms with Crippen LogP contribution in [-0.4, -0.2) is 140 Å². The van der Waals surface area contributed by atoms with Gasteiger partial charge in [0, 0.05) is 43.2 Å². The van der Waals surface area contributed by atoms with E-state index in [4.69, 9.17) is 29.7 Å². The third kappa shape index (κ3) is 18.0. The molecule has 2 amide bonds. The van der Waals surface area contributed by atoms with E-state index in [1.165, 1.54) is 19.9 Å². The van der Waals surface area contributed by atoms with Gasteiger partial charge in [0.05, 0.1) is 19.5 Å². The number of phosphoric acid groups is 3. The number of anilines is 1. The predicted octanol–water partition coefficient (Wildman–Crippen LogP) is -0.783. The van der Waals surface area contributed by atoms with E-state index >= 15 is 0 Å². The van der Waals surface area contributed by atoms with Gasteiger partial charge in [-0.1, -0.05) is 19.9 Å². The van der Waals surface area contributed by atoms with Crippen molar-refractivity contribution in [3.63, 3.8) is 0 Å². The molecule has 2 unspecified atom stereocenters. The first-order valence-electron chi connectivity index (χ1n) is 16.9. The van der Waals surface area contributed by atoms with Gasteiger partial charge in [-0.25, -0.2) is 33.4 Å². The molecule has 0 aliphatic carbocycles. The fraction of sp³-hybridized carbons (Fsp3) is 0.607. The highest BCUT2D eigenvalue weighted by atomic mass is 32.1. The highest BCUT2D eigenvalue weighted by Gasteiger charge is 2.50. The number of amides is 2. The van der Waals surface area contributed by atoms with Gasteiger partial charge in [0.1, 0.15) is 36.3 Å². The van der Waals surface area contributed by atoms with Gasteiger partial charge >= 0.3 is 35.4 Å². The highest BCUT2D eigenvalue weighted by Crippen LogP contribution is 2.61. The Morgan fingerprint density at radius 1 is 1.03 bits per heavy atom. The smallest absolute Gasteiger partial charge is 0.481 e. The van der Waals surface area contributed by atoms with E-state index in [9.17, 15) is 62.7 Å². The number of carbonyl (C=O) groups excluding carboxylic acids is 2. The molecule has 1 aliphatic heterocycles. The molecule has 1 saturated heterocycles. The molecule has 1 aliphatic rings. The summed E-state index contributed by atoms with van der Waals surface area (Å²) in [6.45, 7) is 0.723. The number of carboxylic acid groups (broad SMARTS) is 2. The fourth-order valence-electron chi connectivity index (χ4n) is 4.69. The zero-order valence-electron chi connectivity index (χ0n) is 31.2. The average molecular weight is 926 g/mol. The topological polar surface area (TPSA) is 421 Å². The molecule has 0 saturated carbocycles. The van der Waals surface area contributed by atoms with Gasteiger partial charge in [0.2, 0.25) is 11.8 Å². The fourth-order valence-corrected chi connectivity index (χ4v) is 7.63. The van der Waals surface area contributed by atoms with E-state index in [1.54, 1.807) is 0 Å². The molecule has 2 aromatic heterocycles. The molecule has 27 nitrogen and oxygen atoms in total. The molecule has 7 atom stereocenters. The summed E-state index contributed by atoms with van der Waals surface area (Å²) in [6, 6.07) is 0. The number of fused-ring (bicyclic) bond motifs is 1. The van der Waals surface area contributed by atoms with Gasteiger partial charge in [-0.05, 0) is 12.8 Å². The first-order valence-corrected chi connectivity index (χ1v) is 22.1. The summed E-state index contributed by atoms with van der Waals surface area (Å²) >= 11 is 3.95. The number of thiol groups is 1. The zero-order chi connectivity index (χ0) is 44.8. The molecule has 0 spiro atoms. The molecular weight excluding hydrogens is 879 g/mol. The number of aliphatic carboxylic acids is 2. The van der Waals surface area contributed by atoms with Gasteiger partial charge in [0.15, 0.2) is 17.7 Å². The lowest BCUT2D eigenvalue weighted by molar-refractivity contribution is -0.137. The second kappa shape index (κ2) is 23.0. The van der Waals surface area contributed by atoms with Crippen molar-refractivity contribution in [1.82, 2.24) is 30.2 Å². The number of rotatable bonds is 23. The second-order valence-electron chi connectivity index (χ2n) is 12.8. The lowest BCUT2D eigenvalue weighted by Crippen LogP contribution is -2.46. The summed E-state index contributed by atoms with van der Waals surface area (Å²) < 4.78 is 61.7. The van der Waals surface area contributed by atoms with Crippen LogP contribution in [-0.2, 0) is 55.5 Å². The van der Waals surface area contributed by atoms with Crippen molar-refractivity contribution in [2.75, 3.05) is 37.8 Å². The minimum absolute atomic E-state index is 0.0363. The molecule has 3 heterocycles. The normalized spacial score (nSPS) is 20.9. The molecule has 31 heteroatoms. The number of aliphatic hydroxyl groups is 2. The number of imidazole rings is 1. The van der Waals surface area contributed by atoms with Gasteiger partial charge in [-0.2, -0.15) is 16.9 Å². The molecule has 0 radical (unpaired) electrons. The number of carboxylic acids is 2. The van der Waals surface area contributed by atoms with Gasteiger partial charge < -0.3 is 61.1 Å². The number of phosphoric ester groups is 3. The SMILES string of the molecule is CC(C)(COP(=O)(O)OP(=O)(O)OC[C@H]1O[C@@H](n2cnc3c(N)ncnc32)[C@H](O)[C@@H]1OP(=O)(O)O)[C@@H](O)C(=O)NCCC(=O)NCCS.O=C(O)C=CCCCC(=O)O. The predicted molar refractivity (Wildman–Crippen MR) is 202 cm³/mol. The number of hydrogen-bond acceptors (Lipinski definition) is 19. The van der Waals surface area contributed by atoms with Gasteiger partial charge in [0.25, 0.3) is 0 Å². The average Bonchev–Trinajstić information content (AvgIpc) is 3.68. The Balaban J connectivity index is 0.000000951. The summed E-state index contributed by atoms with van der Waals surface area (Å²) in [6.07, 6.45) is -3.20. The van der Waals surface area contributed by atoms with E-state index in [1.807, 2.05) is 0 Å². The van der Waals surface area contributed by atoms with Crippen LogP contribution >= 0.6 is 36.1 Å². The van der Waals surface area contributed by atoms with Crippen LogP contribution in [0, 0.1) is 5.41 Å². The summed E-state index contributed by atoms with van der Waals surface area (Å²) in [5, 5.41) is 42.4. The summed E-state index contributed by atoms with van der Waals surface area (Å²) in [5.41, 5.74) is 4.30. The number of allylic oxidation sites excluding steroid dienone is 1. The Morgan fingerprint density at radius 3 is 2.31 bits per heavy atom. The number of aliphatic hydroxyl groups excluding tert-OH is 2. The number of ether oxygens (including phenoxy) is 1. The lowest BCUT2D eigenvalue weighted by atomic mass is 9.87. The van der Waals surface area contributed by atoms with Crippen molar-refractivity contribution < 1.29 is 95.5 Å². The Morgan fingerprint density at radius 2 is 1.69 bits per heavy atom. The van der Waals surface area contributed by atoms with Crippen molar-refractivity contribution in [1.29, 1.82) is 0 Å². The van der Waals surface area contributed by atoms with Crippen molar-refractivity contribution in [2.45, 2.75) is 70.2 Å². The molecule has 1 fully saturated rings. The maximum atomic E-state index is 12.6. The number of nitrogens with one attached hydrogen (secondary N) is 2. The first-order chi connectivity index (χ1) is 27.3. The van der Waals surface area contributed by atoms with Gasteiger partial charge in [-0.3, -0.25) is 32.5 Å². The number of carbonyl (C=O) groups is 4. The number of hydrogen-bond donors (Lipinski definition) is 12. The molecule has 0 bridgehead atoms. The van der Waals surface area contributed by atoms with Crippen molar-refractivity contribution in [3.8, 4) is 0 Å². The summed E-state index contributed by atoms with van der Waals surface area (Å²) in [7, 11) is -16.3. The quantitative estimate of drug-likeness (QED) is 0.0281. The number of nitrogen functional groups attached to an aromatic ring is 1. The first kappa shape index (κ1) is 51.7. The number of nitrogens with zero attached hydrogens (tertiary/aromatic N) is 4. The Labute approximate surface area is 340 Å². The lowest BCUT2D eigenvalue weighted by Gasteiger charge is -2.30. The largest absolute Gasteiger partial charge is 0.481 e. The second-order valence-corrected chi connectivity index (χ2v) is 17.5. The molecular formula is C28H46N7O20P3S. The van der Waals surface area contributed by atoms with Crippen molar-refractivity contribution in [3.05, 3.63) is 24.8 Å². The van der Waals surface area contributed by atoms with Gasteiger partial charge in [-0.15, -0.1) is 0 Å². The highest BCUT2D eigenvalue weighted by molar-refractivity contribution is 7.80. The van der Waals surface area contributed by atoms with Crippen molar-refractivity contribution >= 4 is 76.8 Å². The molecule has 2 aromatic rings. The van der Waals surface area contributed by atoms with Crippen LogP contribution in [0.25, 0.3) is 11.2 Å². The van der Waals surface area contributed by atoms with Crippen LogP contribution in [0.4, 0.5) is 5.82 Å². The maximum Gasteiger partial charge on any atom is 0.481 e. The summed E-state index contributed by atoms with van der Waals surface area (Å²) in [5.74, 6) is -2.80. The number of unbranched alkanes of at least 4 members (excludes halogenated alkanes) is 1. The van der Waals surface area contributed by atoms with E-state index in [2.05, 4.69) is 47.0 Å². The minimum Gasteiger partial charge on any atom is -0.481 e. The number of nitrogens with two attached hydrogens (primary N) is 1. The molecule has 334 valence electrons. The Hall–Kier alpha value is -3.43. The monoisotopic (exact) mass is 925 g/mol. The van der Waals surface area contributed by atoms with Crippen LogP contribution in [0.2, 0.25) is 0 Å². The molecule has 0 aromatic carbocycles. The standard InChI is InChI=1S/C21H36N7O16P3S.C7H10O4/c1-21(2,16(31)19(32)24-4-3-12(29)23-5-6-48)8-41-47(38,39)44-46(36,37)40-7-11-15(43-45(33,34)35)14(30)20(42-11)28-10-27-13-17(22)25-9-26-18(13)28;8-6(9)4-2-1-3-5-7(10)11/h9-11,14-16,20,30-31,48H,3-8H2,1-2H3,(H,23,29)(H,24,32)(H,36,37)(H,38,39)(H2,22,25,26)(H2,33,34,35);2,4H,1,3,5H2,(H,8,9)(H,10,11)/t11-,14-,15-,16+,20-;/m1./s1. The summed E-state index contributed by atoms with van der Waals surface area (Å²) in [4.78, 5) is 94.5. The van der Waals surface area contributed by atoms with E-state index in [0.717, 1.165) is 23.3 Å². The third-order valence-corrected chi connectivity index (χ3v) is 10.9. The van der Waals surface area contributed by atoms with Crippen LogP contribution in [0.1, 0.15) is 45.8 Å². The van der Waals surface area contributed by atoms with E-state index in [0.29, 0.717) is 25.1 Å². The van der Waals surface area contributed by atoms with Crippen LogP contribution in [0.3, 0.4) is 0 Å². The van der Waals surface area contributed by atoms with E-state index in [-0.39, 0.29) is 42.3 Å². The van der Waals surface area contributed by atoms with Crippen LogP contribution in [0.5, 0.6) is 0 Å². The molecule has 12 N–H and O–H groups in total. The molecule has 59 heavy (non-hydrogen) atoms. The third-order valence-electron chi connectivity index (χ3n) is 7.53. The van der Waals surface area contributed by atoms with Crippen LogP contribution in [0.15, 0.2) is 24.8 Å². The molecule has 3 rings (SSSR count). The minimum atomic E-state index is -5.54. The van der Waals surface area contributed by atoms with E-state index < -0.39 is 90.6 Å². The number of aromatic nitrogens is 4. The Bertz CT molecular complexity index is 1930. The van der Waals surface area contributed by atoms with Crippen LogP contribution < -0.4 is 16.4 Å². The van der Waals surface area contributed by atoms with Crippen molar-refractivity contribution in [2.24, 2.45) is 5.41 Å².